The summed E-state index contributed by atoms with van der Waals surface area (Å²) in [5.41, 5.74) is -0.458. The molecule has 0 aliphatic heterocycles. The van der Waals surface area contributed by atoms with Crippen LogP contribution in [0.2, 0.25) is 5.02 Å². The monoisotopic (exact) mass is 342 g/mol. The molecule has 0 fully saturated rings. The van der Waals surface area contributed by atoms with Crippen LogP contribution in [0, 0.1) is 0 Å². The summed E-state index contributed by atoms with van der Waals surface area (Å²) in [7, 11) is 0. The molecule has 2 unspecified atom stereocenters. The fraction of sp³-hybridized carbons (Fsp3) is 0.417. The summed E-state index contributed by atoms with van der Waals surface area (Å²) >= 11 is 8.70. The number of benzene rings is 1. The van der Waals surface area contributed by atoms with E-state index >= 15 is 0 Å². The van der Waals surface area contributed by atoms with Crippen molar-refractivity contribution >= 4 is 33.3 Å². The summed E-state index contributed by atoms with van der Waals surface area (Å²) in [5, 5.41) is -0.340. The van der Waals surface area contributed by atoms with Gasteiger partial charge < -0.3 is 0 Å². The Morgan fingerprint density at radius 1 is 1.39 bits per heavy atom. The molecular formula is C12H11BrClF3O. The Bertz CT molecular complexity index is 459. The van der Waals surface area contributed by atoms with Crippen molar-refractivity contribution in [2.24, 2.45) is 0 Å². The lowest BCUT2D eigenvalue weighted by Crippen LogP contribution is -2.18. The highest BCUT2D eigenvalue weighted by Gasteiger charge is 2.34. The van der Waals surface area contributed by atoms with Crippen LogP contribution in [0.15, 0.2) is 18.2 Å². The minimum Gasteiger partial charge on any atom is -0.299 e. The minimum atomic E-state index is -4.50. The van der Waals surface area contributed by atoms with Crippen LogP contribution in [0.25, 0.3) is 0 Å². The highest BCUT2D eigenvalue weighted by Crippen LogP contribution is 2.37. The molecule has 6 heteroatoms. The molecule has 1 aromatic rings. The third kappa shape index (κ3) is 3.48. The summed E-state index contributed by atoms with van der Waals surface area (Å²) in [5.74, 6) is -0.494. The molecule has 18 heavy (non-hydrogen) atoms. The molecule has 0 N–H and O–H groups in total. The Morgan fingerprint density at radius 3 is 2.39 bits per heavy atom. The Labute approximate surface area is 116 Å². The van der Waals surface area contributed by atoms with E-state index in [0.29, 0.717) is 5.56 Å². The lowest BCUT2D eigenvalue weighted by atomic mass is 9.94. The van der Waals surface area contributed by atoms with Crippen molar-refractivity contribution in [2.75, 3.05) is 0 Å². The van der Waals surface area contributed by atoms with E-state index in [-0.39, 0.29) is 16.7 Å². The smallest absolute Gasteiger partial charge is 0.299 e. The Hall–Kier alpha value is -0.550. The summed E-state index contributed by atoms with van der Waals surface area (Å²) < 4.78 is 38.1. The maximum Gasteiger partial charge on any atom is 0.417 e. The molecular weight excluding hydrogens is 332 g/mol. The SMILES string of the molecule is CC(=O)C(Br)C(C)c1ccc(Cl)c(C(F)(F)F)c1. The third-order valence-electron chi connectivity index (χ3n) is 2.65. The maximum absolute atomic E-state index is 12.7. The molecule has 0 saturated carbocycles. The summed E-state index contributed by atoms with van der Waals surface area (Å²) in [4.78, 5) is 10.7. The van der Waals surface area contributed by atoms with Crippen LogP contribution in [-0.2, 0) is 11.0 Å². The quantitative estimate of drug-likeness (QED) is 0.720. The molecule has 0 heterocycles. The molecule has 0 bridgehead atoms. The second-order valence-electron chi connectivity index (χ2n) is 4.04. The van der Waals surface area contributed by atoms with Gasteiger partial charge in [0.15, 0.2) is 0 Å². The van der Waals surface area contributed by atoms with E-state index in [1.54, 1.807) is 6.92 Å². The van der Waals surface area contributed by atoms with Crippen LogP contribution < -0.4 is 0 Å². The zero-order chi connectivity index (χ0) is 14.1. The van der Waals surface area contributed by atoms with E-state index in [2.05, 4.69) is 15.9 Å². The highest BCUT2D eigenvalue weighted by molar-refractivity contribution is 9.10. The van der Waals surface area contributed by atoms with Crippen molar-refractivity contribution in [1.82, 2.24) is 0 Å². The first kappa shape index (κ1) is 15.5. The predicted octanol–water partition coefficient (Wildman–Crippen LogP) is 4.81. The Kier molecular flexibility index (Phi) is 4.84. The number of halogens is 5. The molecule has 1 nitrogen and oxygen atoms in total. The first-order valence-electron chi connectivity index (χ1n) is 5.15. The van der Waals surface area contributed by atoms with E-state index in [9.17, 15) is 18.0 Å². The average molecular weight is 344 g/mol. The number of carbonyl (C=O) groups is 1. The average Bonchev–Trinajstić information content (AvgIpc) is 2.26. The van der Waals surface area contributed by atoms with Gasteiger partial charge in [-0.2, -0.15) is 13.2 Å². The zero-order valence-electron chi connectivity index (χ0n) is 9.68. The summed E-state index contributed by atoms with van der Waals surface area (Å²) in [6.07, 6.45) is -4.50. The van der Waals surface area contributed by atoms with Gasteiger partial charge in [-0.1, -0.05) is 40.5 Å². The predicted molar refractivity (Wildman–Crippen MR) is 68.3 cm³/mol. The van der Waals surface area contributed by atoms with Crippen molar-refractivity contribution < 1.29 is 18.0 Å². The highest BCUT2D eigenvalue weighted by atomic mass is 79.9. The molecule has 0 radical (unpaired) electrons. The van der Waals surface area contributed by atoms with E-state index in [1.165, 1.54) is 19.1 Å². The zero-order valence-corrected chi connectivity index (χ0v) is 12.0. The van der Waals surface area contributed by atoms with Gasteiger partial charge in [0.05, 0.1) is 15.4 Å². The van der Waals surface area contributed by atoms with Crippen molar-refractivity contribution in [2.45, 2.75) is 30.8 Å². The molecule has 0 aromatic heterocycles. The largest absolute Gasteiger partial charge is 0.417 e. The number of hydrogen-bond donors (Lipinski definition) is 0. The standard InChI is InChI=1S/C12H11BrClF3O/c1-6(11(13)7(2)18)8-3-4-10(14)9(5-8)12(15,16)17/h3-6,11H,1-2H3. The van der Waals surface area contributed by atoms with E-state index in [1.807, 2.05) is 0 Å². The van der Waals surface area contributed by atoms with Crippen molar-refractivity contribution in [3.8, 4) is 0 Å². The fourth-order valence-electron chi connectivity index (χ4n) is 1.56. The minimum absolute atomic E-state index is 0.133. The van der Waals surface area contributed by atoms with Crippen molar-refractivity contribution in [3.63, 3.8) is 0 Å². The topological polar surface area (TPSA) is 17.1 Å². The van der Waals surface area contributed by atoms with Gasteiger partial charge in [0.25, 0.3) is 0 Å². The second kappa shape index (κ2) is 5.61. The van der Waals surface area contributed by atoms with E-state index in [4.69, 9.17) is 11.6 Å². The molecule has 1 aromatic carbocycles. The molecule has 100 valence electrons. The van der Waals surface area contributed by atoms with Gasteiger partial charge in [0.2, 0.25) is 0 Å². The van der Waals surface area contributed by atoms with Gasteiger partial charge in [0.1, 0.15) is 5.78 Å². The number of ketones is 1. The van der Waals surface area contributed by atoms with Gasteiger partial charge >= 0.3 is 6.18 Å². The van der Waals surface area contributed by atoms with Crippen LogP contribution in [0.5, 0.6) is 0 Å². The third-order valence-corrected chi connectivity index (χ3v) is 4.42. The van der Waals surface area contributed by atoms with Crippen molar-refractivity contribution in [3.05, 3.63) is 34.3 Å². The number of Topliss-reactive ketones (excluding diaryl/α,β-unsaturated/α-hetero) is 1. The lowest BCUT2D eigenvalue weighted by Gasteiger charge is -2.18. The van der Waals surface area contributed by atoms with Gasteiger partial charge in [0, 0.05) is 5.92 Å². The van der Waals surface area contributed by atoms with Crippen molar-refractivity contribution in [1.29, 1.82) is 0 Å². The first-order chi connectivity index (χ1) is 8.14. The second-order valence-corrected chi connectivity index (χ2v) is 5.43. The number of rotatable bonds is 3. The number of alkyl halides is 4. The molecule has 0 saturated heterocycles. The van der Waals surface area contributed by atoms with Crippen LogP contribution in [0.1, 0.15) is 30.9 Å². The molecule has 0 spiro atoms. The van der Waals surface area contributed by atoms with Crippen LogP contribution in [-0.4, -0.2) is 10.6 Å². The van der Waals surface area contributed by atoms with Crippen LogP contribution in [0.3, 0.4) is 0 Å². The first-order valence-corrected chi connectivity index (χ1v) is 6.45. The Morgan fingerprint density at radius 2 is 1.94 bits per heavy atom. The van der Waals surface area contributed by atoms with Gasteiger partial charge in [-0.3, -0.25) is 4.79 Å². The van der Waals surface area contributed by atoms with Crippen LogP contribution in [0.4, 0.5) is 13.2 Å². The molecule has 0 aliphatic rings. The molecule has 2 atom stereocenters. The summed E-state index contributed by atoms with van der Waals surface area (Å²) in [6, 6.07) is 3.69. The molecule has 1 rings (SSSR count). The molecule has 0 aliphatic carbocycles. The van der Waals surface area contributed by atoms with Gasteiger partial charge in [-0.05, 0) is 24.6 Å². The normalized spacial score (nSPS) is 15.3. The van der Waals surface area contributed by atoms with Gasteiger partial charge in [-0.25, -0.2) is 0 Å². The van der Waals surface area contributed by atoms with E-state index in [0.717, 1.165) is 6.07 Å². The number of hydrogen-bond acceptors (Lipinski definition) is 1. The number of carbonyl (C=O) groups excluding carboxylic acids is 1. The maximum atomic E-state index is 12.7. The molecule has 0 amide bonds. The fourth-order valence-corrected chi connectivity index (χ4v) is 2.09. The van der Waals surface area contributed by atoms with Gasteiger partial charge in [-0.15, -0.1) is 0 Å². The van der Waals surface area contributed by atoms with E-state index < -0.39 is 16.6 Å². The lowest BCUT2D eigenvalue weighted by molar-refractivity contribution is -0.137. The Balaban J connectivity index is 3.17. The summed E-state index contributed by atoms with van der Waals surface area (Å²) in [6.45, 7) is 3.07. The van der Waals surface area contributed by atoms with Crippen LogP contribution >= 0.6 is 27.5 Å².